The third-order valence-corrected chi connectivity index (χ3v) is 1.02. The smallest absolute Gasteiger partial charge is 0.306 e. The average molecular weight is 160 g/mol. The minimum absolute atomic E-state index is 0.310. The molecule has 64 valence electrons. The van der Waals surface area contributed by atoms with E-state index in [1.54, 1.807) is 0 Å². The van der Waals surface area contributed by atoms with Crippen molar-refractivity contribution >= 4 is 11.8 Å². The zero-order valence-corrected chi connectivity index (χ0v) is 6.50. The number of hydrogen-bond acceptors (Lipinski definition) is 4. The Hall–Kier alpha value is -0.900. The van der Waals surface area contributed by atoms with Gasteiger partial charge in [-0.25, -0.2) is 0 Å². The van der Waals surface area contributed by atoms with Crippen LogP contribution in [0.25, 0.3) is 0 Å². The molecule has 0 aromatic carbocycles. The molecule has 4 heteroatoms. The van der Waals surface area contributed by atoms with Crippen LogP contribution in [-0.4, -0.2) is 30.1 Å². The van der Waals surface area contributed by atoms with Crippen molar-refractivity contribution in [2.24, 2.45) is 0 Å². The predicted octanol–water partition coefficient (Wildman–Crippen LogP) is -0.109. The van der Waals surface area contributed by atoms with Crippen molar-refractivity contribution in [3.63, 3.8) is 0 Å². The summed E-state index contributed by atoms with van der Waals surface area (Å²) in [5.74, 6) is -0.872. The number of hydrogen-bond donors (Lipinski definition) is 1. The van der Waals surface area contributed by atoms with E-state index in [0.717, 1.165) is 0 Å². The van der Waals surface area contributed by atoms with Crippen LogP contribution in [0.1, 0.15) is 19.8 Å². The third kappa shape index (κ3) is 5.54. The standard InChI is InChI=1S/C7H12O4/c1-2-3-7(10)11-5-6(9)4-8/h8H,2-5H2,1H3. The fourth-order valence-electron chi connectivity index (χ4n) is 0.483. The zero-order valence-electron chi connectivity index (χ0n) is 6.50. The van der Waals surface area contributed by atoms with Crippen LogP contribution >= 0.6 is 0 Å². The zero-order chi connectivity index (χ0) is 8.69. The fourth-order valence-corrected chi connectivity index (χ4v) is 0.483. The van der Waals surface area contributed by atoms with E-state index < -0.39 is 18.4 Å². The van der Waals surface area contributed by atoms with E-state index in [2.05, 4.69) is 4.74 Å². The van der Waals surface area contributed by atoms with Crippen molar-refractivity contribution in [2.45, 2.75) is 19.8 Å². The van der Waals surface area contributed by atoms with E-state index in [0.29, 0.717) is 12.8 Å². The van der Waals surface area contributed by atoms with Crippen LogP contribution in [-0.2, 0) is 14.3 Å². The van der Waals surface area contributed by atoms with Gasteiger partial charge >= 0.3 is 5.97 Å². The molecule has 4 nitrogen and oxygen atoms in total. The van der Waals surface area contributed by atoms with Gasteiger partial charge in [0.2, 0.25) is 0 Å². The van der Waals surface area contributed by atoms with Gasteiger partial charge in [-0.3, -0.25) is 9.59 Å². The molecule has 0 aliphatic heterocycles. The van der Waals surface area contributed by atoms with Gasteiger partial charge < -0.3 is 9.84 Å². The average Bonchev–Trinajstić information content (AvgIpc) is 2.01. The number of Topliss-reactive ketones (excluding diaryl/α,β-unsaturated/α-hetero) is 1. The third-order valence-electron chi connectivity index (χ3n) is 1.02. The summed E-state index contributed by atoms with van der Waals surface area (Å²) in [6.45, 7) is 0.962. The number of rotatable bonds is 5. The summed E-state index contributed by atoms with van der Waals surface area (Å²) in [6, 6.07) is 0. The van der Waals surface area contributed by atoms with Crippen LogP contribution in [0.15, 0.2) is 0 Å². The van der Waals surface area contributed by atoms with Gasteiger partial charge in [-0.1, -0.05) is 6.92 Å². The number of carbonyl (C=O) groups excluding carboxylic acids is 2. The molecule has 1 N–H and O–H groups in total. The Morgan fingerprint density at radius 1 is 1.45 bits per heavy atom. The molecule has 11 heavy (non-hydrogen) atoms. The molecule has 0 aliphatic carbocycles. The first-order chi connectivity index (χ1) is 5.20. The highest BCUT2D eigenvalue weighted by Crippen LogP contribution is 1.90. The van der Waals surface area contributed by atoms with E-state index in [4.69, 9.17) is 5.11 Å². The maximum absolute atomic E-state index is 10.6. The Kier molecular flexibility index (Phi) is 5.37. The van der Waals surface area contributed by atoms with E-state index in [9.17, 15) is 9.59 Å². The highest BCUT2D eigenvalue weighted by Gasteiger charge is 2.04. The second kappa shape index (κ2) is 5.85. The lowest BCUT2D eigenvalue weighted by molar-refractivity contribution is -0.148. The lowest BCUT2D eigenvalue weighted by Crippen LogP contribution is -2.16. The maximum Gasteiger partial charge on any atom is 0.306 e. The molecular formula is C7H12O4. The van der Waals surface area contributed by atoms with E-state index in [-0.39, 0.29) is 6.61 Å². The number of aliphatic hydroxyl groups excluding tert-OH is 1. The summed E-state index contributed by atoms with van der Waals surface area (Å²) in [5.41, 5.74) is 0. The summed E-state index contributed by atoms with van der Waals surface area (Å²) in [7, 11) is 0. The van der Waals surface area contributed by atoms with Gasteiger partial charge in [-0.05, 0) is 6.42 Å². The normalized spacial score (nSPS) is 9.27. The van der Waals surface area contributed by atoms with Gasteiger partial charge in [0.25, 0.3) is 0 Å². The highest BCUT2D eigenvalue weighted by molar-refractivity contribution is 5.83. The maximum atomic E-state index is 10.6. The van der Waals surface area contributed by atoms with Gasteiger partial charge in [0.1, 0.15) is 6.61 Å². The first-order valence-electron chi connectivity index (χ1n) is 3.49. The van der Waals surface area contributed by atoms with Crippen LogP contribution in [0.3, 0.4) is 0 Å². The fraction of sp³-hybridized carbons (Fsp3) is 0.714. The van der Waals surface area contributed by atoms with Crippen molar-refractivity contribution in [3.05, 3.63) is 0 Å². The lowest BCUT2D eigenvalue weighted by Gasteiger charge is -2.00. The minimum atomic E-state index is -0.570. The molecule has 0 spiro atoms. The Bertz CT molecular complexity index is 141. The number of ketones is 1. The van der Waals surface area contributed by atoms with E-state index >= 15 is 0 Å². The summed E-state index contributed by atoms with van der Waals surface area (Å²) in [5, 5.41) is 8.24. The number of carbonyl (C=O) groups is 2. The summed E-state index contributed by atoms with van der Waals surface area (Å²) in [4.78, 5) is 21.0. The molecule has 0 aliphatic rings. The lowest BCUT2D eigenvalue weighted by atomic mass is 10.3. The predicted molar refractivity (Wildman–Crippen MR) is 38.0 cm³/mol. The van der Waals surface area contributed by atoms with Crippen LogP contribution in [0.5, 0.6) is 0 Å². The van der Waals surface area contributed by atoms with Gasteiger partial charge in [0.05, 0.1) is 0 Å². The Morgan fingerprint density at radius 3 is 2.55 bits per heavy atom. The molecule has 0 fully saturated rings. The van der Waals surface area contributed by atoms with Crippen molar-refractivity contribution in [3.8, 4) is 0 Å². The molecule has 0 saturated heterocycles. The number of aliphatic hydroxyl groups is 1. The monoisotopic (exact) mass is 160 g/mol. The van der Waals surface area contributed by atoms with E-state index in [1.165, 1.54) is 0 Å². The Labute approximate surface area is 65.2 Å². The van der Waals surface area contributed by atoms with Gasteiger partial charge in [-0.2, -0.15) is 0 Å². The summed E-state index contributed by atoms with van der Waals surface area (Å²) < 4.78 is 4.49. The van der Waals surface area contributed by atoms with Crippen molar-refractivity contribution < 1.29 is 19.4 Å². The molecule has 0 atom stereocenters. The first-order valence-corrected chi connectivity index (χ1v) is 3.49. The second-order valence-corrected chi connectivity index (χ2v) is 2.11. The topological polar surface area (TPSA) is 63.6 Å². The number of esters is 1. The van der Waals surface area contributed by atoms with Crippen LogP contribution < -0.4 is 0 Å². The van der Waals surface area contributed by atoms with Crippen molar-refractivity contribution in [1.82, 2.24) is 0 Å². The largest absolute Gasteiger partial charge is 0.458 e. The van der Waals surface area contributed by atoms with Gasteiger partial charge in [0, 0.05) is 6.42 Å². The van der Waals surface area contributed by atoms with Gasteiger partial charge in [0.15, 0.2) is 12.4 Å². The quantitative estimate of drug-likeness (QED) is 0.570. The van der Waals surface area contributed by atoms with Crippen molar-refractivity contribution in [2.75, 3.05) is 13.2 Å². The van der Waals surface area contributed by atoms with Gasteiger partial charge in [-0.15, -0.1) is 0 Å². The summed E-state index contributed by atoms with van der Waals surface area (Å²) in [6.07, 6.45) is 1.02. The molecule has 0 radical (unpaired) electrons. The minimum Gasteiger partial charge on any atom is -0.458 e. The highest BCUT2D eigenvalue weighted by atomic mass is 16.5. The SMILES string of the molecule is CCCC(=O)OCC(=O)CO. The molecule has 0 aromatic heterocycles. The Morgan fingerprint density at radius 2 is 2.09 bits per heavy atom. The molecule has 0 heterocycles. The van der Waals surface area contributed by atoms with Crippen LogP contribution in [0, 0.1) is 0 Å². The second-order valence-electron chi connectivity index (χ2n) is 2.11. The van der Waals surface area contributed by atoms with Crippen LogP contribution in [0.2, 0.25) is 0 Å². The molecule has 0 unspecified atom stereocenters. The Balaban J connectivity index is 3.38. The molecule has 0 saturated carbocycles. The number of ether oxygens (including phenoxy) is 1. The first kappa shape index (κ1) is 10.1. The summed E-state index contributed by atoms with van der Waals surface area (Å²) >= 11 is 0. The molecule has 0 aromatic rings. The molecule has 0 bridgehead atoms. The van der Waals surface area contributed by atoms with Crippen molar-refractivity contribution in [1.29, 1.82) is 0 Å². The van der Waals surface area contributed by atoms with Crippen LogP contribution in [0.4, 0.5) is 0 Å². The molecule has 0 rings (SSSR count). The molecular weight excluding hydrogens is 148 g/mol. The van der Waals surface area contributed by atoms with E-state index in [1.807, 2.05) is 6.92 Å². The molecule has 0 amide bonds.